The summed E-state index contributed by atoms with van der Waals surface area (Å²) in [6.07, 6.45) is 4.97. The van der Waals surface area contributed by atoms with Crippen LogP contribution in [0.1, 0.15) is 29.5 Å². The minimum atomic E-state index is -4.04. The molecule has 0 amide bonds. The van der Waals surface area contributed by atoms with Crippen LogP contribution in [0.3, 0.4) is 0 Å². The highest BCUT2D eigenvalue weighted by Crippen LogP contribution is 2.43. The molecule has 13 nitrogen and oxygen atoms in total. The molecule has 0 saturated carbocycles. The molecule has 1 unspecified atom stereocenters. The van der Waals surface area contributed by atoms with Crippen molar-refractivity contribution >= 4 is 61.6 Å². The minimum Gasteiger partial charge on any atom is -0.487 e. The van der Waals surface area contributed by atoms with E-state index in [1.807, 2.05) is 60.2 Å². The molecule has 1 atom stereocenters. The van der Waals surface area contributed by atoms with Gasteiger partial charge in [-0.15, -0.1) is 0 Å². The highest BCUT2D eigenvalue weighted by atomic mass is 79.9. The molecule has 0 saturated heterocycles. The van der Waals surface area contributed by atoms with Gasteiger partial charge in [-0.3, -0.25) is 14.9 Å². The molecule has 16 heteroatoms. The number of hydrogen-bond acceptors (Lipinski definition) is 10. The number of rotatable bonds is 17. The zero-order valence-electron chi connectivity index (χ0n) is 34.7. The largest absolute Gasteiger partial charge is 0.487 e. The molecule has 7 rings (SSSR count). The van der Waals surface area contributed by atoms with Crippen molar-refractivity contribution in [2.75, 3.05) is 20.3 Å². The number of nitro groups is 1. The van der Waals surface area contributed by atoms with E-state index in [1.54, 1.807) is 55.6 Å². The molecule has 61 heavy (non-hydrogen) atoms. The lowest BCUT2D eigenvalue weighted by atomic mass is 9.91. The van der Waals surface area contributed by atoms with Crippen molar-refractivity contribution in [1.82, 2.24) is 18.5 Å². The number of nitrogens with zero attached hydrogens (tertiary/aromatic N) is 5. The molecule has 7 aromatic rings. The second kappa shape index (κ2) is 17.7. The summed E-state index contributed by atoms with van der Waals surface area (Å²) in [5.74, 6) is -0.789. The van der Waals surface area contributed by atoms with Gasteiger partial charge in [-0.2, -0.15) is 0 Å². The van der Waals surface area contributed by atoms with Crippen LogP contribution in [0.2, 0.25) is 25.7 Å². The topological polar surface area (TPSA) is 158 Å². The zero-order chi connectivity index (χ0) is 43.6. The lowest BCUT2D eigenvalue weighted by Crippen LogP contribution is -2.22. The summed E-state index contributed by atoms with van der Waals surface area (Å²) in [6, 6.07) is 26.3. The number of aryl methyl sites for hydroxylation is 1. The second-order valence-corrected chi connectivity index (χ2v) is 24.5. The first-order valence-corrected chi connectivity index (χ1v) is 25.6. The van der Waals surface area contributed by atoms with Crippen LogP contribution >= 0.6 is 15.9 Å². The summed E-state index contributed by atoms with van der Waals surface area (Å²) in [5.41, 5.74) is 5.19. The number of ether oxygens (including phenoxy) is 3. The van der Waals surface area contributed by atoms with E-state index in [2.05, 4.69) is 35.6 Å². The van der Waals surface area contributed by atoms with Gasteiger partial charge in [-0.25, -0.2) is 22.4 Å². The number of aromatic nitrogens is 4. The van der Waals surface area contributed by atoms with Gasteiger partial charge in [0.2, 0.25) is 11.7 Å². The van der Waals surface area contributed by atoms with Crippen molar-refractivity contribution in [1.29, 1.82) is 0 Å². The van der Waals surface area contributed by atoms with E-state index in [4.69, 9.17) is 24.2 Å². The van der Waals surface area contributed by atoms with Gasteiger partial charge in [0.05, 0.1) is 34.9 Å². The highest BCUT2D eigenvalue weighted by Gasteiger charge is 2.29. The highest BCUT2D eigenvalue weighted by molar-refractivity contribution is 9.10. The number of Topliss-reactive ketones (excluding diaryl/α,β-unsaturated/α-hetero) is 1. The van der Waals surface area contributed by atoms with Gasteiger partial charge in [-0.05, 0) is 54.4 Å². The first kappa shape index (κ1) is 43.4. The van der Waals surface area contributed by atoms with Gasteiger partial charge in [0.1, 0.15) is 24.8 Å². The molecule has 0 radical (unpaired) electrons. The summed E-state index contributed by atoms with van der Waals surface area (Å²) >= 11 is 3.51. The molecule has 0 N–H and O–H groups in total. The molecular weight excluding hydrogens is 879 g/mol. The molecule has 3 aromatic heterocycles. The van der Waals surface area contributed by atoms with Crippen molar-refractivity contribution < 1.29 is 32.3 Å². The van der Waals surface area contributed by atoms with Crippen molar-refractivity contribution in [2.45, 2.75) is 63.7 Å². The van der Waals surface area contributed by atoms with Crippen LogP contribution in [0.15, 0.2) is 113 Å². The monoisotopic (exact) mass is 923 g/mol. The predicted molar refractivity (Wildman–Crippen MR) is 242 cm³/mol. The summed E-state index contributed by atoms with van der Waals surface area (Å²) in [6.45, 7) is 10.5. The first-order chi connectivity index (χ1) is 29.0. The molecule has 3 heterocycles. The molecule has 316 valence electrons. The fourth-order valence-electron chi connectivity index (χ4n) is 7.14. The standard InChI is InChI=1S/C45H46BrN5O8SSi/c1-29-12-15-33(16-13-29)60(55,56)50-25-36(35-17-14-32(46)22-39(35)50)43-45(57-3)48-38(23-47-43)37-24-49(28-58-20-21-61(4,5)6)44-41(59-27-31-10-8-7-9-11-31)19-18-34(42(37)44)30(2)40(52)26-51(53)54/h7-19,22-25,30H,20-21,26-28H2,1-6H3. The predicted octanol–water partition coefficient (Wildman–Crippen LogP) is 9.88. The van der Waals surface area contributed by atoms with E-state index in [0.29, 0.717) is 66.7 Å². The Morgan fingerprint density at radius 2 is 1.72 bits per heavy atom. The summed E-state index contributed by atoms with van der Waals surface area (Å²) < 4.78 is 50.8. The molecule has 0 aliphatic heterocycles. The molecular formula is C45H46BrN5O8SSi. The Labute approximate surface area is 363 Å². The molecule has 4 aromatic carbocycles. The Balaban J connectivity index is 1.40. The van der Waals surface area contributed by atoms with Crippen LogP contribution in [0, 0.1) is 17.0 Å². The third-order valence-corrected chi connectivity index (χ3v) is 14.4. The van der Waals surface area contributed by atoms with Crippen molar-refractivity contribution in [3.05, 3.63) is 135 Å². The number of benzene rings is 4. The Hall–Kier alpha value is -5.68. The average molecular weight is 925 g/mol. The fraction of sp³-hybridized carbons (Fsp3) is 0.267. The zero-order valence-corrected chi connectivity index (χ0v) is 38.1. The van der Waals surface area contributed by atoms with Gasteiger partial charge in [0, 0.05) is 64.3 Å². The Morgan fingerprint density at radius 3 is 2.41 bits per heavy atom. The number of carbonyl (C=O) groups excluding carboxylic acids is 1. The average Bonchev–Trinajstić information content (AvgIpc) is 3.80. The summed E-state index contributed by atoms with van der Waals surface area (Å²) in [5, 5.41) is 12.7. The Kier molecular flexibility index (Phi) is 12.6. The van der Waals surface area contributed by atoms with E-state index >= 15 is 0 Å². The number of halogens is 1. The van der Waals surface area contributed by atoms with E-state index in [-0.39, 0.29) is 24.1 Å². The number of hydrogen-bond donors (Lipinski definition) is 0. The molecule has 0 spiro atoms. The molecule has 0 aliphatic carbocycles. The van der Waals surface area contributed by atoms with Gasteiger partial charge in [-0.1, -0.05) is 103 Å². The van der Waals surface area contributed by atoms with Crippen LogP contribution in [-0.4, -0.2) is 66.0 Å². The smallest absolute Gasteiger partial charge is 0.268 e. The number of carbonyl (C=O) groups is 1. The van der Waals surface area contributed by atoms with E-state index in [9.17, 15) is 23.3 Å². The Bertz CT molecular complexity index is 2880. The maximum Gasteiger partial charge on any atom is 0.268 e. The van der Waals surface area contributed by atoms with Crippen LogP contribution in [0.25, 0.3) is 44.3 Å². The summed E-state index contributed by atoms with van der Waals surface area (Å²) in [7, 11) is -4.00. The minimum absolute atomic E-state index is 0.120. The first-order valence-electron chi connectivity index (χ1n) is 19.6. The maximum absolute atomic E-state index is 14.1. The third-order valence-electron chi connectivity index (χ3n) is 10.5. The molecule has 0 bridgehead atoms. The maximum atomic E-state index is 14.1. The normalized spacial score (nSPS) is 12.5. The van der Waals surface area contributed by atoms with Crippen LogP contribution in [0.4, 0.5) is 0 Å². The number of fused-ring (bicyclic) bond motifs is 2. The van der Waals surface area contributed by atoms with E-state index in [0.717, 1.165) is 17.2 Å². The van der Waals surface area contributed by atoms with Crippen molar-refractivity contribution in [3.63, 3.8) is 0 Å². The van der Waals surface area contributed by atoms with Crippen molar-refractivity contribution in [2.24, 2.45) is 0 Å². The SMILES string of the molecule is COc1nc(-c2cn(COCC[Si](C)(C)C)c3c(OCc4ccccc4)ccc(C(C)C(=O)C[N+](=O)[O-])c23)cnc1-c1cn(S(=O)(=O)c2ccc(C)cc2)c2cc(Br)ccc12. The van der Waals surface area contributed by atoms with E-state index < -0.39 is 41.3 Å². The van der Waals surface area contributed by atoms with Gasteiger partial charge >= 0.3 is 0 Å². The molecule has 0 aliphatic rings. The number of ketones is 1. The summed E-state index contributed by atoms with van der Waals surface area (Å²) in [4.78, 5) is 34.3. The van der Waals surface area contributed by atoms with Gasteiger partial charge in [0.25, 0.3) is 16.6 Å². The lowest BCUT2D eigenvalue weighted by Gasteiger charge is -2.18. The fourth-order valence-corrected chi connectivity index (χ4v) is 9.61. The molecule has 0 fully saturated rings. The van der Waals surface area contributed by atoms with Crippen LogP contribution in [-0.2, 0) is 32.9 Å². The lowest BCUT2D eigenvalue weighted by molar-refractivity contribution is -0.467. The van der Waals surface area contributed by atoms with Crippen LogP contribution in [0.5, 0.6) is 11.6 Å². The third kappa shape index (κ3) is 9.32. The second-order valence-electron chi connectivity index (χ2n) is 16.1. The number of methoxy groups -OCH3 is 1. The van der Waals surface area contributed by atoms with Gasteiger partial charge in [0.15, 0.2) is 0 Å². The Morgan fingerprint density at radius 1 is 0.984 bits per heavy atom. The van der Waals surface area contributed by atoms with Crippen molar-refractivity contribution in [3.8, 4) is 34.1 Å². The van der Waals surface area contributed by atoms with E-state index in [1.165, 1.54) is 17.3 Å². The van der Waals surface area contributed by atoms with Crippen LogP contribution < -0.4 is 9.47 Å². The van der Waals surface area contributed by atoms with Gasteiger partial charge < -0.3 is 18.8 Å². The quantitative estimate of drug-likeness (QED) is 0.0373.